The normalized spacial score (nSPS) is 14.4. The van der Waals surface area contributed by atoms with E-state index in [2.05, 4.69) is 68.3 Å². The number of nitrogens with zero attached hydrogens (tertiary/aromatic N) is 3. The van der Waals surface area contributed by atoms with Gasteiger partial charge in [0, 0.05) is 30.2 Å². The maximum absolute atomic E-state index is 5.45. The van der Waals surface area contributed by atoms with E-state index in [1.54, 1.807) is 0 Å². The Morgan fingerprint density at radius 2 is 1.77 bits per heavy atom. The molecule has 0 atom stereocenters. The average Bonchev–Trinajstić information content (AvgIpc) is 3.08. The molecule has 0 unspecified atom stereocenters. The smallest absolute Gasteiger partial charge is 0.110 e. The van der Waals surface area contributed by atoms with Gasteiger partial charge >= 0.3 is 0 Å². The number of nitrogens with one attached hydrogen (secondary N) is 1. The van der Waals surface area contributed by atoms with E-state index in [1.165, 1.54) is 5.69 Å². The minimum atomic E-state index is 0.725. The molecule has 3 aromatic rings. The summed E-state index contributed by atoms with van der Waals surface area (Å²) in [6.45, 7) is 6.26. The van der Waals surface area contributed by atoms with Crippen molar-refractivity contribution < 1.29 is 4.74 Å². The zero-order chi connectivity index (χ0) is 17.8. The van der Waals surface area contributed by atoms with Crippen molar-refractivity contribution >= 4 is 11.4 Å². The number of para-hydroxylation sites is 1. The molecule has 0 saturated carbocycles. The first-order valence-corrected chi connectivity index (χ1v) is 9.06. The topological polar surface area (TPSA) is 42.3 Å². The van der Waals surface area contributed by atoms with E-state index < -0.39 is 0 Å². The minimum absolute atomic E-state index is 0.725. The number of anilines is 2. The molecule has 134 valence electrons. The van der Waals surface area contributed by atoms with Crippen LogP contribution in [0.4, 0.5) is 11.4 Å². The third-order valence-electron chi connectivity index (χ3n) is 4.72. The summed E-state index contributed by atoms with van der Waals surface area (Å²) < 4.78 is 7.64. The molecule has 5 heteroatoms. The summed E-state index contributed by atoms with van der Waals surface area (Å²) in [5.41, 5.74) is 4.64. The lowest BCUT2D eigenvalue weighted by molar-refractivity contribution is 0.122. The molecule has 2 heterocycles. The van der Waals surface area contributed by atoms with E-state index in [0.717, 1.165) is 55.7 Å². The van der Waals surface area contributed by atoms with Crippen LogP contribution in [0.2, 0.25) is 0 Å². The predicted molar refractivity (Wildman–Crippen MR) is 105 cm³/mol. The first-order chi connectivity index (χ1) is 12.8. The fourth-order valence-corrected chi connectivity index (χ4v) is 3.37. The van der Waals surface area contributed by atoms with Gasteiger partial charge in [-0.1, -0.05) is 24.3 Å². The second-order valence-corrected chi connectivity index (χ2v) is 6.47. The van der Waals surface area contributed by atoms with Crippen molar-refractivity contribution in [2.75, 3.05) is 36.5 Å². The first kappa shape index (κ1) is 16.7. The molecule has 1 fully saturated rings. The molecule has 0 radical (unpaired) electrons. The number of rotatable bonds is 5. The lowest BCUT2D eigenvalue weighted by atomic mass is 10.2. The molecule has 26 heavy (non-hydrogen) atoms. The van der Waals surface area contributed by atoms with Crippen molar-refractivity contribution in [1.82, 2.24) is 9.55 Å². The van der Waals surface area contributed by atoms with Gasteiger partial charge in [0.2, 0.25) is 0 Å². The van der Waals surface area contributed by atoms with Gasteiger partial charge in [-0.3, -0.25) is 4.57 Å². The Morgan fingerprint density at radius 3 is 2.58 bits per heavy atom. The second kappa shape index (κ2) is 7.62. The number of ether oxygens (including phenoxy) is 1. The van der Waals surface area contributed by atoms with Gasteiger partial charge in [0.05, 0.1) is 31.6 Å². The number of morpholine rings is 1. The van der Waals surface area contributed by atoms with Crippen LogP contribution in [0.5, 0.6) is 0 Å². The van der Waals surface area contributed by atoms with Crippen LogP contribution >= 0.6 is 0 Å². The molecule has 1 aromatic heterocycles. The molecule has 2 aromatic carbocycles. The largest absolute Gasteiger partial charge is 0.379 e. The summed E-state index contributed by atoms with van der Waals surface area (Å²) in [5, 5.41) is 3.55. The molecule has 0 bridgehead atoms. The average molecular weight is 348 g/mol. The molecule has 1 aliphatic heterocycles. The molecule has 5 nitrogen and oxygen atoms in total. The molecule has 1 saturated heterocycles. The number of hydrogen-bond donors (Lipinski definition) is 1. The van der Waals surface area contributed by atoms with Crippen LogP contribution in [-0.2, 0) is 11.3 Å². The van der Waals surface area contributed by atoms with Crippen LogP contribution in [0.15, 0.2) is 60.8 Å². The van der Waals surface area contributed by atoms with Crippen LogP contribution < -0.4 is 10.2 Å². The third-order valence-corrected chi connectivity index (χ3v) is 4.72. The van der Waals surface area contributed by atoms with Crippen LogP contribution in [0.25, 0.3) is 5.69 Å². The molecule has 4 rings (SSSR count). The standard InChI is InChI=1S/C21H24N4O/c1-17-22-15-21(25(17)19-7-3-2-4-8-19)16-23-18-6-5-9-20(14-18)24-10-12-26-13-11-24/h2-9,14-15,23H,10-13,16H2,1H3. The van der Waals surface area contributed by atoms with Crippen molar-refractivity contribution in [3.63, 3.8) is 0 Å². The predicted octanol–water partition coefficient (Wildman–Crippen LogP) is 3.63. The number of aromatic nitrogens is 2. The Balaban J connectivity index is 1.50. The summed E-state index contributed by atoms with van der Waals surface area (Å²) in [7, 11) is 0. The Bertz CT molecular complexity index is 853. The van der Waals surface area contributed by atoms with E-state index in [1.807, 2.05) is 19.2 Å². The van der Waals surface area contributed by atoms with Gasteiger partial charge in [0.1, 0.15) is 5.82 Å². The molecule has 1 N–H and O–H groups in total. The van der Waals surface area contributed by atoms with Gasteiger partial charge in [0.15, 0.2) is 0 Å². The Kier molecular flexibility index (Phi) is 4.88. The summed E-state index contributed by atoms with van der Waals surface area (Å²) in [4.78, 5) is 6.87. The van der Waals surface area contributed by atoms with Gasteiger partial charge in [-0.05, 0) is 37.3 Å². The molecule has 0 spiro atoms. The minimum Gasteiger partial charge on any atom is -0.379 e. The highest BCUT2D eigenvalue weighted by atomic mass is 16.5. The van der Waals surface area contributed by atoms with Crippen molar-refractivity contribution in [2.45, 2.75) is 13.5 Å². The van der Waals surface area contributed by atoms with E-state index >= 15 is 0 Å². The summed E-state index contributed by atoms with van der Waals surface area (Å²) in [5.74, 6) is 0.995. The maximum Gasteiger partial charge on any atom is 0.110 e. The van der Waals surface area contributed by atoms with Gasteiger partial charge in [-0.15, -0.1) is 0 Å². The quantitative estimate of drug-likeness (QED) is 0.765. The van der Waals surface area contributed by atoms with Crippen LogP contribution in [0.1, 0.15) is 11.5 Å². The third kappa shape index (κ3) is 3.58. The highest BCUT2D eigenvalue weighted by Gasteiger charge is 2.12. The zero-order valence-corrected chi connectivity index (χ0v) is 15.1. The highest BCUT2D eigenvalue weighted by molar-refractivity contribution is 5.58. The molecule has 0 amide bonds. The zero-order valence-electron chi connectivity index (χ0n) is 15.1. The number of imidazole rings is 1. The molecule has 0 aliphatic carbocycles. The number of hydrogen-bond acceptors (Lipinski definition) is 4. The van der Waals surface area contributed by atoms with Crippen molar-refractivity contribution in [2.24, 2.45) is 0 Å². The van der Waals surface area contributed by atoms with Crippen molar-refractivity contribution in [1.29, 1.82) is 0 Å². The van der Waals surface area contributed by atoms with Crippen LogP contribution in [0.3, 0.4) is 0 Å². The van der Waals surface area contributed by atoms with Crippen LogP contribution in [0, 0.1) is 6.92 Å². The van der Waals surface area contributed by atoms with Crippen LogP contribution in [-0.4, -0.2) is 35.9 Å². The Labute approximate surface area is 154 Å². The van der Waals surface area contributed by atoms with E-state index in [-0.39, 0.29) is 0 Å². The maximum atomic E-state index is 5.45. The van der Waals surface area contributed by atoms with E-state index in [0.29, 0.717) is 0 Å². The monoisotopic (exact) mass is 348 g/mol. The van der Waals surface area contributed by atoms with Gasteiger partial charge in [-0.2, -0.15) is 0 Å². The van der Waals surface area contributed by atoms with Gasteiger partial charge < -0.3 is 15.0 Å². The lowest BCUT2D eigenvalue weighted by Crippen LogP contribution is -2.36. The fraction of sp³-hybridized carbons (Fsp3) is 0.286. The summed E-state index contributed by atoms with van der Waals surface area (Å²) in [6.07, 6.45) is 1.95. The number of aryl methyl sites for hydroxylation is 1. The Hall–Kier alpha value is -2.79. The number of benzene rings is 2. The Morgan fingerprint density at radius 1 is 1.00 bits per heavy atom. The SMILES string of the molecule is Cc1ncc(CNc2cccc(N3CCOCC3)c2)n1-c1ccccc1. The molecular formula is C21H24N4O. The van der Waals surface area contributed by atoms with Crippen molar-refractivity contribution in [3.05, 3.63) is 72.3 Å². The first-order valence-electron chi connectivity index (χ1n) is 9.06. The highest BCUT2D eigenvalue weighted by Crippen LogP contribution is 2.22. The van der Waals surface area contributed by atoms with E-state index in [4.69, 9.17) is 4.74 Å². The molecule has 1 aliphatic rings. The summed E-state index contributed by atoms with van der Waals surface area (Å²) >= 11 is 0. The van der Waals surface area contributed by atoms with Crippen molar-refractivity contribution in [3.8, 4) is 5.69 Å². The van der Waals surface area contributed by atoms with E-state index in [9.17, 15) is 0 Å². The summed E-state index contributed by atoms with van der Waals surface area (Å²) in [6, 6.07) is 18.9. The fourth-order valence-electron chi connectivity index (χ4n) is 3.37. The van der Waals surface area contributed by atoms with Gasteiger partial charge in [-0.25, -0.2) is 4.98 Å². The second-order valence-electron chi connectivity index (χ2n) is 6.47. The van der Waals surface area contributed by atoms with Gasteiger partial charge in [0.25, 0.3) is 0 Å². The lowest BCUT2D eigenvalue weighted by Gasteiger charge is -2.29. The molecular weight excluding hydrogens is 324 g/mol.